The normalized spacial score (nSPS) is 11.8. The molecule has 0 amide bonds. The highest BCUT2D eigenvalue weighted by atomic mass is 35.5. The largest absolute Gasteiger partial charge is 0.207 e. The predicted molar refractivity (Wildman–Crippen MR) is 205 cm³/mol. The maximum absolute atomic E-state index is 13.3. The van der Waals surface area contributed by atoms with Crippen LogP contribution in [-0.2, 0) is 21.7 Å². The van der Waals surface area contributed by atoms with E-state index >= 15 is 0 Å². The minimum absolute atomic E-state index is 0.00935. The fourth-order valence-electron chi connectivity index (χ4n) is 4.65. The first kappa shape index (κ1) is 45.1. The van der Waals surface area contributed by atoms with Crippen LogP contribution >= 0.6 is 58.0 Å². The van der Waals surface area contributed by atoms with E-state index in [2.05, 4.69) is 41.5 Å². The minimum Gasteiger partial charge on any atom is -0.207 e. The molecule has 0 bridgehead atoms. The highest BCUT2D eigenvalue weighted by molar-refractivity contribution is 6.42. The van der Waals surface area contributed by atoms with Crippen LogP contribution in [0.15, 0.2) is 66.7 Å². The lowest BCUT2D eigenvalue weighted by atomic mass is 9.86. The van der Waals surface area contributed by atoms with Crippen molar-refractivity contribution < 1.29 is 17.6 Å². The molecule has 0 saturated heterocycles. The second kappa shape index (κ2) is 18.0. The van der Waals surface area contributed by atoms with Crippen molar-refractivity contribution >= 4 is 58.0 Å². The summed E-state index contributed by atoms with van der Waals surface area (Å²) in [6.45, 7) is 23.6. The molecule has 0 spiro atoms. The Bertz CT molecular complexity index is 1560. The standard InChI is InChI=1S/2C10H12Cl2.C10H12ClF.C10H11F3/c1-10(2,3)7-4-5-8(11)9(12)6-7;2*1-10(2,3)9-7(11)5-4-6-8(9)12;1-10(2,3)9-7(12)4-6(11)5-8(9)13/h3*4-6H,1-3H3;4-5H,1-3H3. The summed E-state index contributed by atoms with van der Waals surface area (Å²) >= 11 is 29.6. The summed E-state index contributed by atoms with van der Waals surface area (Å²) in [5.74, 6) is -2.77. The summed E-state index contributed by atoms with van der Waals surface area (Å²) in [6.07, 6.45) is 0. The number of rotatable bonds is 0. The van der Waals surface area contributed by atoms with E-state index < -0.39 is 22.9 Å². The van der Waals surface area contributed by atoms with Crippen LogP contribution in [0.25, 0.3) is 0 Å². The fraction of sp³-hybridized carbons (Fsp3) is 0.400. The van der Waals surface area contributed by atoms with Gasteiger partial charge in [-0.1, -0.05) is 159 Å². The van der Waals surface area contributed by atoms with Crippen molar-refractivity contribution in [2.75, 3.05) is 0 Å². The highest BCUT2D eigenvalue weighted by Crippen LogP contribution is 2.35. The zero-order valence-corrected chi connectivity index (χ0v) is 34.0. The Hall–Kier alpha value is -1.95. The summed E-state index contributed by atoms with van der Waals surface area (Å²) in [5, 5.41) is 3.24. The van der Waals surface area contributed by atoms with Gasteiger partial charge in [-0.2, -0.15) is 0 Å². The van der Waals surface area contributed by atoms with E-state index in [0.717, 1.165) is 15.6 Å². The molecular formula is C40H47Cl5F4. The Kier molecular flexibility index (Phi) is 16.6. The Morgan fingerprint density at radius 3 is 1.06 bits per heavy atom. The molecule has 0 atom stereocenters. The van der Waals surface area contributed by atoms with Crippen LogP contribution in [0.2, 0.25) is 25.1 Å². The Balaban J connectivity index is 0.000000327. The van der Waals surface area contributed by atoms with Crippen molar-refractivity contribution in [3.05, 3.63) is 137 Å². The highest BCUT2D eigenvalue weighted by Gasteiger charge is 2.24. The van der Waals surface area contributed by atoms with Crippen LogP contribution in [0.5, 0.6) is 0 Å². The van der Waals surface area contributed by atoms with E-state index in [1.165, 1.54) is 11.6 Å². The third-order valence-corrected chi connectivity index (χ3v) is 8.65. The van der Waals surface area contributed by atoms with Crippen molar-refractivity contribution in [1.82, 2.24) is 0 Å². The molecule has 0 radical (unpaired) electrons. The summed E-state index contributed by atoms with van der Waals surface area (Å²) in [6, 6.07) is 17.5. The second-order valence-electron chi connectivity index (χ2n) is 15.6. The molecule has 0 aromatic heterocycles. The fourth-order valence-corrected chi connectivity index (χ4v) is 6.36. The van der Waals surface area contributed by atoms with Gasteiger partial charge in [0.2, 0.25) is 0 Å². The van der Waals surface area contributed by atoms with E-state index in [1.54, 1.807) is 32.9 Å². The van der Waals surface area contributed by atoms with E-state index in [-0.39, 0.29) is 27.6 Å². The van der Waals surface area contributed by atoms with Crippen LogP contribution in [-0.4, -0.2) is 0 Å². The van der Waals surface area contributed by atoms with Gasteiger partial charge in [0.25, 0.3) is 0 Å². The van der Waals surface area contributed by atoms with Crippen molar-refractivity contribution in [3.63, 3.8) is 0 Å². The molecular weight excluding hydrogens is 734 g/mol. The van der Waals surface area contributed by atoms with Crippen LogP contribution in [0.4, 0.5) is 17.6 Å². The number of benzene rings is 4. The molecule has 4 aromatic rings. The SMILES string of the molecule is CC(C)(C)c1c(Cl)cccc1Cl.CC(C)(C)c1c(F)cc(F)cc1F.CC(C)(C)c1c(F)cccc1Cl.CC(C)(C)c1ccc(Cl)c(Cl)c1. The lowest BCUT2D eigenvalue weighted by Crippen LogP contribution is -2.16. The van der Waals surface area contributed by atoms with E-state index in [4.69, 9.17) is 58.0 Å². The van der Waals surface area contributed by atoms with Gasteiger partial charge < -0.3 is 0 Å². The van der Waals surface area contributed by atoms with Crippen LogP contribution in [0.3, 0.4) is 0 Å². The van der Waals surface area contributed by atoms with E-state index in [0.29, 0.717) is 32.8 Å². The Morgan fingerprint density at radius 1 is 0.367 bits per heavy atom. The van der Waals surface area contributed by atoms with Gasteiger partial charge in [0.15, 0.2) is 0 Å². The summed E-state index contributed by atoms with van der Waals surface area (Å²) in [4.78, 5) is 0. The second-order valence-corrected chi connectivity index (χ2v) is 17.6. The molecule has 4 aromatic carbocycles. The molecule has 0 unspecified atom stereocenters. The number of hydrogen-bond donors (Lipinski definition) is 0. The third kappa shape index (κ3) is 14.3. The number of halogens is 9. The molecule has 0 N–H and O–H groups in total. The van der Waals surface area contributed by atoms with Gasteiger partial charge in [-0.3, -0.25) is 0 Å². The lowest BCUT2D eigenvalue weighted by molar-refractivity contribution is 0.462. The number of hydrogen-bond acceptors (Lipinski definition) is 0. The maximum Gasteiger partial charge on any atom is 0.132 e. The molecule has 270 valence electrons. The zero-order valence-electron chi connectivity index (χ0n) is 30.3. The van der Waals surface area contributed by atoms with Gasteiger partial charge in [-0.25, -0.2) is 17.6 Å². The van der Waals surface area contributed by atoms with Gasteiger partial charge >= 0.3 is 0 Å². The van der Waals surface area contributed by atoms with E-state index in [9.17, 15) is 17.6 Å². The molecule has 0 aliphatic carbocycles. The molecule has 0 saturated carbocycles. The molecule has 49 heavy (non-hydrogen) atoms. The maximum atomic E-state index is 13.3. The van der Waals surface area contributed by atoms with Gasteiger partial charge in [-0.15, -0.1) is 0 Å². The quantitative estimate of drug-likeness (QED) is 0.156. The predicted octanol–water partition coefficient (Wildman–Crippen LogP) is 15.8. The Labute approximate surface area is 316 Å². The van der Waals surface area contributed by atoms with Crippen LogP contribution < -0.4 is 0 Å². The van der Waals surface area contributed by atoms with Crippen LogP contribution in [0, 0.1) is 23.3 Å². The minimum atomic E-state index is -0.886. The van der Waals surface area contributed by atoms with E-state index in [1.807, 2.05) is 57.2 Å². The molecule has 0 heterocycles. The summed E-state index contributed by atoms with van der Waals surface area (Å²) < 4.78 is 52.0. The van der Waals surface area contributed by atoms with Crippen LogP contribution in [0.1, 0.15) is 105 Å². The molecule has 9 heteroatoms. The summed E-state index contributed by atoms with van der Waals surface area (Å²) in [7, 11) is 0. The molecule has 4 rings (SSSR count). The third-order valence-electron chi connectivity index (χ3n) is 6.97. The van der Waals surface area contributed by atoms with Crippen molar-refractivity contribution in [2.24, 2.45) is 0 Å². The first-order chi connectivity index (χ1) is 22.1. The lowest BCUT2D eigenvalue weighted by Gasteiger charge is -2.21. The van der Waals surface area contributed by atoms with Crippen molar-refractivity contribution in [1.29, 1.82) is 0 Å². The first-order valence-electron chi connectivity index (χ1n) is 15.6. The topological polar surface area (TPSA) is 0 Å². The monoisotopic (exact) mass is 778 g/mol. The molecule has 0 fully saturated rings. The average molecular weight is 781 g/mol. The smallest absolute Gasteiger partial charge is 0.132 e. The van der Waals surface area contributed by atoms with Crippen molar-refractivity contribution in [2.45, 2.75) is 105 Å². The van der Waals surface area contributed by atoms with Gasteiger partial charge in [0.1, 0.15) is 23.3 Å². The molecule has 0 aliphatic rings. The van der Waals surface area contributed by atoms with Crippen molar-refractivity contribution in [3.8, 4) is 0 Å². The first-order valence-corrected chi connectivity index (χ1v) is 17.5. The van der Waals surface area contributed by atoms with Gasteiger partial charge in [0.05, 0.1) is 10.0 Å². The van der Waals surface area contributed by atoms with Gasteiger partial charge in [0, 0.05) is 38.3 Å². The Morgan fingerprint density at radius 2 is 0.755 bits per heavy atom. The molecule has 0 aliphatic heterocycles. The summed E-state index contributed by atoms with van der Waals surface area (Å²) in [5.41, 5.74) is 2.00. The molecule has 0 nitrogen and oxygen atoms in total. The van der Waals surface area contributed by atoms with Gasteiger partial charge in [-0.05, 0) is 69.2 Å². The zero-order chi connectivity index (χ0) is 38.3. The average Bonchev–Trinajstić information content (AvgIpc) is 2.87.